The van der Waals surface area contributed by atoms with Gasteiger partial charge in [-0.05, 0) is 94.3 Å². The van der Waals surface area contributed by atoms with Crippen molar-refractivity contribution in [2.45, 2.75) is 57.9 Å². The van der Waals surface area contributed by atoms with Crippen LogP contribution in [0.1, 0.15) is 52.7 Å². The minimum absolute atomic E-state index is 0.0718. The summed E-state index contributed by atoms with van der Waals surface area (Å²) in [6.07, 6.45) is 3.41. The molecule has 8 rings (SSSR count). The molecule has 8 aromatic rings. The number of pyridine rings is 1. The van der Waals surface area contributed by atoms with Crippen molar-refractivity contribution in [3.63, 3.8) is 0 Å². The van der Waals surface area contributed by atoms with E-state index in [1.807, 2.05) is 121 Å². The Kier molecular flexibility index (Phi) is 10.7. The summed E-state index contributed by atoms with van der Waals surface area (Å²) < 4.78 is 78.3. The van der Waals surface area contributed by atoms with E-state index in [-0.39, 0.29) is 22.2 Å². The highest BCUT2D eigenvalue weighted by Crippen LogP contribution is 2.53. The summed E-state index contributed by atoms with van der Waals surface area (Å²) in [6.45, 7) is 12.6. The smallest absolute Gasteiger partial charge is 0.371 e. The Labute approximate surface area is 358 Å². The predicted octanol–water partition coefficient (Wildman–Crippen LogP) is 14.9. The number of fused-ring (bicyclic) bond motifs is 3. The van der Waals surface area contributed by atoms with Crippen molar-refractivity contribution in [3.8, 4) is 16.9 Å². The first-order valence-electron chi connectivity index (χ1n) is 19.8. The third kappa shape index (κ3) is 8.20. The largest absolute Gasteiger partial charge is 0.534 e. The van der Waals surface area contributed by atoms with Gasteiger partial charge in [0.15, 0.2) is 5.75 Å². The number of thiophene rings is 1. The molecule has 0 saturated carbocycles. The highest BCUT2D eigenvalue weighted by atomic mass is 32.2. The van der Waals surface area contributed by atoms with Crippen LogP contribution in [-0.4, -0.2) is 18.9 Å². The molecule has 0 atom stereocenters. The molecule has 0 spiro atoms. The van der Waals surface area contributed by atoms with Gasteiger partial charge in [0.25, 0.3) is 0 Å². The van der Waals surface area contributed by atoms with Gasteiger partial charge in [-0.25, -0.2) is 0 Å². The molecule has 0 bridgehead atoms. The van der Waals surface area contributed by atoms with Gasteiger partial charge in [-0.2, -0.15) is 21.6 Å². The van der Waals surface area contributed by atoms with Crippen LogP contribution < -0.4 is 14.0 Å². The van der Waals surface area contributed by atoms with Crippen molar-refractivity contribution >= 4 is 75.8 Å². The lowest BCUT2D eigenvalue weighted by Gasteiger charge is -2.34. The summed E-state index contributed by atoms with van der Waals surface area (Å²) >= 11 is 1.54. The maximum atomic E-state index is 14.7. The Bertz CT molecular complexity index is 2960. The zero-order valence-electron chi connectivity index (χ0n) is 34.5. The first kappa shape index (κ1) is 41.6. The van der Waals surface area contributed by atoms with E-state index in [1.54, 1.807) is 51.7 Å². The molecule has 0 amide bonds. The summed E-state index contributed by atoms with van der Waals surface area (Å²) in [7, 11) is -6.23. The first-order chi connectivity index (χ1) is 28.9. The van der Waals surface area contributed by atoms with Crippen LogP contribution in [0.2, 0.25) is 0 Å². The molecule has 0 aliphatic carbocycles. The summed E-state index contributed by atoms with van der Waals surface area (Å²) in [5, 5.41) is 1.95. The number of nitrogens with zero attached hydrogens (tertiary/aromatic N) is 3. The Hall–Kier alpha value is -6.17. The van der Waals surface area contributed by atoms with E-state index in [9.17, 15) is 21.6 Å². The van der Waals surface area contributed by atoms with Crippen molar-refractivity contribution in [1.82, 2.24) is 4.98 Å². The predicted molar refractivity (Wildman–Crippen MR) is 245 cm³/mol. The van der Waals surface area contributed by atoms with Crippen LogP contribution in [0.3, 0.4) is 0 Å². The monoisotopic (exact) mass is 855 g/mol. The molecular weight excluding hydrogens is 812 g/mol. The molecule has 6 aromatic carbocycles. The molecule has 0 fully saturated rings. The Morgan fingerprint density at radius 1 is 0.557 bits per heavy atom. The molecule has 0 N–H and O–H groups in total. The van der Waals surface area contributed by atoms with Crippen molar-refractivity contribution in [2.24, 2.45) is 0 Å². The van der Waals surface area contributed by atoms with Crippen molar-refractivity contribution < 1.29 is 25.8 Å². The van der Waals surface area contributed by atoms with E-state index in [0.717, 1.165) is 42.4 Å². The third-order valence-corrected chi connectivity index (χ3v) is 12.7. The third-order valence-electron chi connectivity index (χ3n) is 10.6. The normalized spacial score (nSPS) is 12.5. The van der Waals surface area contributed by atoms with E-state index in [1.165, 1.54) is 0 Å². The molecule has 0 saturated heterocycles. The molecule has 0 aliphatic rings. The molecule has 0 unspecified atom stereocenters. The van der Waals surface area contributed by atoms with E-state index in [4.69, 9.17) is 4.18 Å². The molecule has 61 heavy (non-hydrogen) atoms. The topological polar surface area (TPSA) is 62.7 Å². The summed E-state index contributed by atoms with van der Waals surface area (Å²) in [6, 6.07) is 45.3. The van der Waals surface area contributed by atoms with Crippen LogP contribution in [0.4, 0.5) is 47.3 Å². The molecule has 2 heterocycles. The average Bonchev–Trinajstić information content (AvgIpc) is 3.61. The number of anilines is 6. The number of halogens is 3. The second-order valence-electron chi connectivity index (χ2n) is 16.9. The zero-order valence-corrected chi connectivity index (χ0v) is 36.2. The lowest BCUT2D eigenvalue weighted by atomic mass is 9.80. The van der Waals surface area contributed by atoms with E-state index >= 15 is 0 Å². The minimum atomic E-state index is -6.23. The summed E-state index contributed by atoms with van der Waals surface area (Å²) in [5.74, 6) is -0.507. The number of rotatable bonds is 9. The van der Waals surface area contributed by atoms with Crippen LogP contribution >= 0.6 is 11.3 Å². The molecule has 310 valence electrons. The first-order valence-corrected chi connectivity index (χ1v) is 22.0. The fourth-order valence-corrected chi connectivity index (χ4v) is 9.08. The standard InChI is InChI=1S/C50H44F3N3O3S2/c1-48(2,3)35-29-36(49(4,5)6)31-39(30-35)55(37-18-8-7-9-19-37)42-23-14-24-43(46(42)59-61(57,58)50(51,52)53)56(38-20-12-16-33(28-38)34-17-15-27-54-32-34)44-25-13-22-41-40-21-10-11-26-45(40)60-47(41)44/h7-32H,1-6H3. The van der Waals surface area contributed by atoms with Gasteiger partial charge in [0.1, 0.15) is 0 Å². The van der Waals surface area contributed by atoms with Gasteiger partial charge in [-0.1, -0.05) is 120 Å². The van der Waals surface area contributed by atoms with Gasteiger partial charge in [0, 0.05) is 50.5 Å². The number of alkyl halides is 3. The quantitative estimate of drug-likeness (QED) is 0.106. The minimum Gasteiger partial charge on any atom is -0.371 e. The molecular formula is C50H44F3N3O3S2. The number of aromatic nitrogens is 1. The van der Waals surface area contributed by atoms with E-state index in [2.05, 4.69) is 52.6 Å². The van der Waals surface area contributed by atoms with Crippen molar-refractivity contribution in [3.05, 3.63) is 169 Å². The van der Waals surface area contributed by atoms with Crippen LogP contribution in [0.25, 0.3) is 31.3 Å². The highest BCUT2D eigenvalue weighted by Gasteiger charge is 2.49. The number of para-hydroxylation sites is 2. The Morgan fingerprint density at radius 2 is 1.13 bits per heavy atom. The lowest BCUT2D eigenvalue weighted by Crippen LogP contribution is -2.29. The van der Waals surface area contributed by atoms with Crippen molar-refractivity contribution in [2.75, 3.05) is 9.80 Å². The SMILES string of the molecule is CC(C)(C)c1cc(N(c2ccccc2)c2cccc(N(c3cccc(-c4cccnc4)c3)c3cccc4c3sc3ccccc34)c2OS(=O)(=O)C(F)(F)F)cc(C(C)(C)C)c1. The van der Waals surface area contributed by atoms with Crippen LogP contribution in [0.5, 0.6) is 5.75 Å². The van der Waals surface area contributed by atoms with Crippen LogP contribution in [0, 0.1) is 0 Å². The van der Waals surface area contributed by atoms with Gasteiger partial charge in [0.2, 0.25) is 0 Å². The second-order valence-corrected chi connectivity index (χ2v) is 19.5. The van der Waals surface area contributed by atoms with Crippen molar-refractivity contribution in [1.29, 1.82) is 0 Å². The maximum Gasteiger partial charge on any atom is 0.534 e. The summed E-state index contributed by atoms with van der Waals surface area (Å²) in [4.78, 5) is 7.88. The number of benzene rings is 6. The Morgan fingerprint density at radius 3 is 1.79 bits per heavy atom. The summed E-state index contributed by atoms with van der Waals surface area (Å²) in [5.41, 5.74) is -0.278. The zero-order chi connectivity index (χ0) is 43.3. The molecule has 0 aliphatic heterocycles. The van der Waals surface area contributed by atoms with Crippen LogP contribution in [-0.2, 0) is 20.9 Å². The fraction of sp³-hybridized carbons (Fsp3) is 0.180. The van der Waals surface area contributed by atoms with Gasteiger partial charge in [-0.3, -0.25) is 4.98 Å². The second kappa shape index (κ2) is 15.7. The molecule has 0 radical (unpaired) electrons. The highest BCUT2D eigenvalue weighted by molar-refractivity contribution is 7.88. The number of hydrogen-bond donors (Lipinski definition) is 0. The van der Waals surface area contributed by atoms with E-state index < -0.39 is 21.4 Å². The average molecular weight is 856 g/mol. The maximum absolute atomic E-state index is 14.7. The fourth-order valence-electron chi connectivity index (χ4n) is 7.39. The van der Waals surface area contributed by atoms with Gasteiger partial charge in [0.05, 0.1) is 21.8 Å². The van der Waals surface area contributed by atoms with Gasteiger partial charge >= 0.3 is 15.6 Å². The Balaban J connectivity index is 1.49. The van der Waals surface area contributed by atoms with Gasteiger partial charge in [-0.15, -0.1) is 11.3 Å². The lowest BCUT2D eigenvalue weighted by molar-refractivity contribution is -0.0499. The van der Waals surface area contributed by atoms with Gasteiger partial charge < -0.3 is 14.0 Å². The number of hydrogen-bond acceptors (Lipinski definition) is 7. The van der Waals surface area contributed by atoms with E-state index in [0.29, 0.717) is 22.7 Å². The molecule has 6 nitrogen and oxygen atoms in total. The molecule has 2 aromatic heterocycles. The van der Waals surface area contributed by atoms with Crippen LogP contribution in [0.15, 0.2) is 158 Å². The molecule has 11 heteroatoms.